The molecule has 0 aliphatic heterocycles. The maximum Gasteiger partial charge on any atom is 0.306 e. The molecule has 0 rings (SSSR count). The van der Waals surface area contributed by atoms with E-state index in [9.17, 15) is 19.5 Å². The van der Waals surface area contributed by atoms with E-state index in [1.165, 1.54) is 167 Å². The highest BCUT2D eigenvalue weighted by Gasteiger charge is 2.25. The van der Waals surface area contributed by atoms with Crippen LogP contribution >= 0.6 is 0 Å². The minimum Gasteiger partial charge on any atom is -0.544 e. The summed E-state index contributed by atoms with van der Waals surface area (Å²) in [6, 6.07) is -0.729. The van der Waals surface area contributed by atoms with Gasteiger partial charge >= 0.3 is 11.9 Å². The van der Waals surface area contributed by atoms with Crippen molar-refractivity contribution in [1.29, 1.82) is 0 Å². The zero-order chi connectivity index (χ0) is 47.7. The largest absolute Gasteiger partial charge is 0.544 e. The first kappa shape index (κ1) is 62.5. The Hall–Kier alpha value is -2.45. The number of esters is 2. The fourth-order valence-corrected chi connectivity index (χ4v) is 8.24. The molecule has 8 heteroatoms. The lowest BCUT2D eigenvalue weighted by Crippen LogP contribution is -2.55. The van der Waals surface area contributed by atoms with Crippen molar-refractivity contribution in [2.75, 3.05) is 41.0 Å². The Morgan fingerprint density at radius 3 is 1.20 bits per heavy atom. The SMILES string of the molecule is CCCCCCCCC/C=C/C=C/CCCCCCCC(=O)OCC(COCCC(C(=O)[O-])[N+](C)(C)C)OC(=O)CCCCCCCCC/C=C/CCCCCCCCCCCCCC. The molecule has 0 aliphatic carbocycles. The summed E-state index contributed by atoms with van der Waals surface area (Å²) in [5, 5.41) is 11.7. The number of aliphatic carboxylic acids is 1. The fourth-order valence-electron chi connectivity index (χ4n) is 8.24. The number of hydrogen-bond donors (Lipinski definition) is 0. The summed E-state index contributed by atoms with van der Waals surface area (Å²) in [7, 11) is 5.42. The number of carbonyl (C=O) groups is 3. The highest BCUT2D eigenvalue weighted by molar-refractivity contribution is 5.70. The summed E-state index contributed by atoms with van der Waals surface area (Å²) in [5.41, 5.74) is 0. The van der Waals surface area contributed by atoms with Gasteiger partial charge in [-0.25, -0.2) is 0 Å². The molecular weight excluding hydrogens is 811 g/mol. The number of ether oxygens (including phenoxy) is 3. The Kier molecular flexibility index (Phi) is 46.2. The predicted octanol–water partition coefficient (Wildman–Crippen LogP) is 14.8. The van der Waals surface area contributed by atoms with Gasteiger partial charge in [0, 0.05) is 19.3 Å². The van der Waals surface area contributed by atoms with Gasteiger partial charge in [-0.3, -0.25) is 9.59 Å². The Labute approximate surface area is 402 Å². The van der Waals surface area contributed by atoms with Crippen molar-refractivity contribution in [1.82, 2.24) is 0 Å². The predicted molar refractivity (Wildman–Crippen MR) is 273 cm³/mol. The molecule has 0 amide bonds. The van der Waals surface area contributed by atoms with Gasteiger partial charge in [0.25, 0.3) is 0 Å². The summed E-state index contributed by atoms with van der Waals surface area (Å²) in [6.45, 7) is 4.67. The van der Waals surface area contributed by atoms with Crippen molar-refractivity contribution >= 4 is 17.9 Å². The Morgan fingerprint density at radius 2 is 0.815 bits per heavy atom. The second-order valence-electron chi connectivity index (χ2n) is 19.8. The minimum absolute atomic E-state index is 0.0357. The van der Waals surface area contributed by atoms with Crippen molar-refractivity contribution in [2.24, 2.45) is 0 Å². The normalized spacial score (nSPS) is 13.1. The molecule has 2 atom stereocenters. The molecule has 0 saturated carbocycles. The summed E-state index contributed by atoms with van der Waals surface area (Å²) in [6.07, 6.45) is 57.5. The van der Waals surface area contributed by atoms with Crippen molar-refractivity contribution in [2.45, 2.75) is 270 Å². The van der Waals surface area contributed by atoms with Crippen LogP contribution in [0.15, 0.2) is 36.5 Å². The highest BCUT2D eigenvalue weighted by atomic mass is 16.6. The third-order valence-electron chi connectivity index (χ3n) is 12.5. The van der Waals surface area contributed by atoms with Gasteiger partial charge in [0.05, 0.1) is 40.3 Å². The number of nitrogens with zero attached hydrogens (tertiary/aromatic N) is 1. The maximum atomic E-state index is 12.8. The van der Waals surface area contributed by atoms with Crippen LogP contribution in [0.3, 0.4) is 0 Å². The molecule has 380 valence electrons. The average molecular weight is 916 g/mol. The number of hydrogen-bond acceptors (Lipinski definition) is 7. The summed E-state index contributed by atoms with van der Waals surface area (Å²) >= 11 is 0. The van der Waals surface area contributed by atoms with Gasteiger partial charge in [0.15, 0.2) is 6.10 Å². The van der Waals surface area contributed by atoms with Crippen LogP contribution in [0, 0.1) is 0 Å². The number of quaternary nitrogens is 1. The molecule has 65 heavy (non-hydrogen) atoms. The summed E-state index contributed by atoms with van der Waals surface area (Å²) in [4.78, 5) is 37.1. The third kappa shape index (κ3) is 46.4. The van der Waals surface area contributed by atoms with Crippen LogP contribution < -0.4 is 5.11 Å². The first-order valence-corrected chi connectivity index (χ1v) is 27.5. The number of carbonyl (C=O) groups excluding carboxylic acids is 3. The molecular formula is C57H105NO7. The second kappa shape index (κ2) is 48.0. The Bertz CT molecular complexity index is 1160. The molecule has 0 aromatic rings. The topological polar surface area (TPSA) is 102 Å². The lowest BCUT2D eigenvalue weighted by Gasteiger charge is -2.34. The molecule has 2 unspecified atom stereocenters. The number of allylic oxidation sites excluding steroid dienone is 6. The van der Waals surface area contributed by atoms with E-state index >= 15 is 0 Å². The van der Waals surface area contributed by atoms with Gasteiger partial charge in [-0.2, -0.15) is 0 Å². The summed E-state index contributed by atoms with van der Waals surface area (Å²) < 4.78 is 17.3. The van der Waals surface area contributed by atoms with Gasteiger partial charge in [-0.1, -0.05) is 211 Å². The molecule has 0 fully saturated rings. The zero-order valence-corrected chi connectivity index (χ0v) is 43.4. The van der Waals surface area contributed by atoms with Crippen LogP contribution in [0.1, 0.15) is 258 Å². The zero-order valence-electron chi connectivity index (χ0n) is 43.4. The molecule has 0 heterocycles. The van der Waals surface area contributed by atoms with E-state index in [0.717, 1.165) is 57.8 Å². The summed E-state index contributed by atoms with van der Waals surface area (Å²) in [5.74, 6) is -1.75. The molecule has 0 aromatic heterocycles. The van der Waals surface area contributed by atoms with E-state index in [0.29, 0.717) is 12.8 Å². The van der Waals surface area contributed by atoms with E-state index in [4.69, 9.17) is 14.2 Å². The molecule has 0 aliphatic rings. The number of carboxylic acids is 1. The van der Waals surface area contributed by atoms with Gasteiger partial charge in [0.1, 0.15) is 12.6 Å². The average Bonchev–Trinajstić information content (AvgIpc) is 3.27. The van der Waals surface area contributed by atoms with E-state index < -0.39 is 18.1 Å². The van der Waals surface area contributed by atoms with Gasteiger partial charge in [0.2, 0.25) is 0 Å². The van der Waals surface area contributed by atoms with Crippen LogP contribution in [0.4, 0.5) is 0 Å². The van der Waals surface area contributed by atoms with Gasteiger partial charge in [-0.15, -0.1) is 0 Å². The lowest BCUT2D eigenvalue weighted by atomic mass is 10.0. The molecule has 0 aromatic carbocycles. The fraction of sp³-hybridized carbons (Fsp3) is 0.842. The van der Waals surface area contributed by atoms with Crippen molar-refractivity contribution in [3.63, 3.8) is 0 Å². The number of likely N-dealkylation sites (N-methyl/N-ethyl adjacent to an activating group) is 1. The van der Waals surface area contributed by atoms with Crippen LogP contribution in [-0.4, -0.2) is 75.5 Å². The van der Waals surface area contributed by atoms with Crippen molar-refractivity contribution in [3.05, 3.63) is 36.5 Å². The lowest BCUT2D eigenvalue weighted by molar-refractivity contribution is -0.889. The molecule has 8 nitrogen and oxygen atoms in total. The van der Waals surface area contributed by atoms with Crippen LogP contribution in [0.25, 0.3) is 0 Å². The van der Waals surface area contributed by atoms with Crippen molar-refractivity contribution in [3.8, 4) is 0 Å². The number of unbranched alkanes of at least 4 members (excludes halogenated alkanes) is 31. The molecule has 0 spiro atoms. The molecule has 0 saturated heterocycles. The maximum absolute atomic E-state index is 12.8. The van der Waals surface area contributed by atoms with E-state index in [1.807, 2.05) is 0 Å². The van der Waals surface area contributed by atoms with Crippen LogP contribution in [0.5, 0.6) is 0 Å². The van der Waals surface area contributed by atoms with Gasteiger partial charge in [-0.05, 0) is 64.2 Å². The molecule has 0 radical (unpaired) electrons. The smallest absolute Gasteiger partial charge is 0.306 e. The highest BCUT2D eigenvalue weighted by Crippen LogP contribution is 2.16. The first-order chi connectivity index (χ1) is 31.6. The second-order valence-corrected chi connectivity index (χ2v) is 19.8. The third-order valence-corrected chi connectivity index (χ3v) is 12.5. The Morgan fingerprint density at radius 1 is 0.462 bits per heavy atom. The monoisotopic (exact) mass is 916 g/mol. The first-order valence-electron chi connectivity index (χ1n) is 27.5. The quantitative estimate of drug-likeness (QED) is 0.0197. The van der Waals surface area contributed by atoms with Crippen molar-refractivity contribution < 1.29 is 38.2 Å². The van der Waals surface area contributed by atoms with Gasteiger partial charge < -0.3 is 28.6 Å². The number of rotatable bonds is 50. The standard InChI is InChI=1S/C57H105NO7/c1-6-8-10-12-14-16-18-20-22-24-26-27-28-29-30-32-34-36-38-40-42-44-46-48-56(60)65-53(51-63-50-49-54(57(61)62)58(3,4)5)52-64-55(59)47-45-43-41-39-37-35-33-31-25-23-21-19-17-15-13-11-9-7-2/h23,25,29-31,33,53-54H,6-22,24,26-28,32,34-52H2,1-5H3/b25-23+,30-29+,33-31+. The van der Waals surface area contributed by atoms with E-state index in [-0.39, 0.29) is 42.7 Å². The van der Waals surface area contributed by atoms with E-state index in [2.05, 4.69) is 50.3 Å². The molecule has 0 N–H and O–H groups in total. The van der Waals surface area contributed by atoms with Crippen LogP contribution in [0.2, 0.25) is 0 Å². The Balaban J connectivity index is 4.22. The number of carboxylic acid groups (broad SMARTS) is 1. The molecule has 0 bridgehead atoms. The minimum atomic E-state index is -1.13. The van der Waals surface area contributed by atoms with E-state index in [1.54, 1.807) is 21.1 Å². The van der Waals surface area contributed by atoms with Crippen LogP contribution in [-0.2, 0) is 28.6 Å².